The Balaban J connectivity index is 0.000000191. The first-order chi connectivity index (χ1) is 30.8. The molecule has 8 N–H and O–H groups in total. The molecule has 16 nitrogen and oxygen atoms in total. The predicted molar refractivity (Wildman–Crippen MR) is 252 cm³/mol. The van der Waals surface area contributed by atoms with Gasteiger partial charge in [0.05, 0.1) is 38.8 Å². The fraction of sp³-hybridized carbons (Fsp3) is 0.318. The van der Waals surface area contributed by atoms with E-state index >= 15 is 0 Å². The van der Waals surface area contributed by atoms with E-state index in [1.807, 2.05) is 47.2 Å². The Kier molecular flexibility index (Phi) is 15.6. The quantitative estimate of drug-likeness (QED) is 0.0867. The number of nitrogens with zero attached hydrogens (tertiary/aromatic N) is 8. The van der Waals surface area contributed by atoms with Gasteiger partial charge in [0.25, 0.3) is 0 Å². The number of aromatic nitrogens is 6. The number of morpholine rings is 2. The van der Waals surface area contributed by atoms with Gasteiger partial charge < -0.3 is 41.8 Å². The Morgan fingerprint density at radius 3 is 1.45 bits per heavy atom. The summed E-state index contributed by atoms with van der Waals surface area (Å²) < 4.78 is 10.9. The lowest BCUT2D eigenvalue weighted by Gasteiger charge is -2.27. The molecule has 64 heavy (non-hydrogen) atoms. The molecule has 4 aromatic heterocycles. The zero-order chi connectivity index (χ0) is 45.1. The first kappa shape index (κ1) is 46.5. The van der Waals surface area contributed by atoms with Crippen molar-refractivity contribution < 1.29 is 19.7 Å². The molecule has 0 radical (unpaired) electrons. The minimum atomic E-state index is -1.33. The van der Waals surface area contributed by atoms with Crippen LogP contribution in [0.1, 0.15) is 46.1 Å². The topological polar surface area (TPSA) is 219 Å². The molecule has 6 aromatic rings. The number of benzene rings is 2. The molecule has 0 saturated carbocycles. The molecule has 2 atom stereocenters. The number of aliphatic hydroxyl groups is 2. The summed E-state index contributed by atoms with van der Waals surface area (Å²) >= 11 is 15.3. The van der Waals surface area contributed by atoms with Crippen molar-refractivity contribution in [3.05, 3.63) is 114 Å². The van der Waals surface area contributed by atoms with E-state index in [2.05, 4.69) is 74.0 Å². The lowest BCUT2D eigenvalue weighted by molar-refractivity contribution is 0.0342. The zero-order valence-corrected chi connectivity index (χ0v) is 38.2. The van der Waals surface area contributed by atoms with Crippen LogP contribution in [0.15, 0.2) is 71.9 Å². The maximum atomic E-state index is 10.7. The van der Waals surface area contributed by atoms with Crippen molar-refractivity contribution >= 4 is 80.8 Å². The van der Waals surface area contributed by atoms with Gasteiger partial charge in [-0.15, -0.1) is 22.7 Å². The Morgan fingerprint density at radius 1 is 0.672 bits per heavy atom. The molecule has 0 aliphatic carbocycles. The SMILES string of the molecule is C[C@@](O)(C#Cc1ccc(CN2CCOCC2)c(Nc2nc(N)ncc2Cl)c1)c1nccs1.C[C@](O)(C#Cc1ccc(CN2CCOCC2)c(Nc2nc(N)ncc2Cl)c1)c1nccs1. The summed E-state index contributed by atoms with van der Waals surface area (Å²) in [5.41, 5.74) is 14.0. The Morgan fingerprint density at radius 2 is 1.08 bits per heavy atom. The lowest BCUT2D eigenvalue weighted by Crippen LogP contribution is -2.35. The first-order valence-electron chi connectivity index (χ1n) is 20.1. The Hall–Kier alpha value is -5.48. The van der Waals surface area contributed by atoms with E-state index < -0.39 is 11.2 Å². The zero-order valence-electron chi connectivity index (χ0n) is 35.0. The van der Waals surface area contributed by atoms with E-state index in [0.717, 1.165) is 72.9 Å². The average Bonchev–Trinajstić information content (AvgIpc) is 4.05. The largest absolute Gasteiger partial charge is 0.379 e. The minimum Gasteiger partial charge on any atom is -0.379 e. The number of rotatable bonds is 10. The molecule has 6 heterocycles. The van der Waals surface area contributed by atoms with E-state index in [-0.39, 0.29) is 11.9 Å². The van der Waals surface area contributed by atoms with Gasteiger partial charge in [-0.3, -0.25) is 9.80 Å². The van der Waals surface area contributed by atoms with Crippen LogP contribution in [0.3, 0.4) is 0 Å². The van der Waals surface area contributed by atoms with E-state index in [1.54, 1.807) is 26.2 Å². The molecule has 0 spiro atoms. The summed E-state index contributed by atoms with van der Waals surface area (Å²) in [6, 6.07) is 11.7. The standard InChI is InChI=1S/2C22H23ClN6O2S/c2*1-22(30,20-25-6-11-32-20)5-4-15-2-3-16(14-29-7-9-31-10-8-29)18(12-15)27-19-17(23)13-26-21(24)28-19/h2*2-3,6,11-13,30H,7-10,14H2,1H3,(H3,24,26,27,28)/t2*22-/m10/s1. The number of halogens is 2. The number of hydrogen-bond donors (Lipinski definition) is 6. The van der Waals surface area contributed by atoms with Gasteiger partial charge in [0.15, 0.2) is 22.8 Å². The Bertz CT molecular complexity index is 2460. The van der Waals surface area contributed by atoms with Gasteiger partial charge in [-0.25, -0.2) is 19.9 Å². The summed E-state index contributed by atoms with van der Waals surface area (Å²) in [7, 11) is 0. The number of anilines is 6. The van der Waals surface area contributed by atoms with Crippen molar-refractivity contribution in [2.75, 3.05) is 74.7 Å². The first-order valence-corrected chi connectivity index (χ1v) is 22.6. The number of nitrogen functional groups attached to an aromatic ring is 2. The third-order valence-electron chi connectivity index (χ3n) is 9.84. The monoisotopic (exact) mass is 940 g/mol. The van der Waals surface area contributed by atoms with Crippen LogP contribution < -0.4 is 22.1 Å². The fourth-order valence-electron chi connectivity index (χ4n) is 6.43. The van der Waals surface area contributed by atoms with Crippen LogP contribution in [0.5, 0.6) is 0 Å². The average molecular weight is 942 g/mol. The molecule has 2 saturated heterocycles. The second kappa shape index (κ2) is 21.5. The van der Waals surface area contributed by atoms with Gasteiger partial charge in [0.1, 0.15) is 20.1 Å². The van der Waals surface area contributed by atoms with Gasteiger partial charge in [-0.2, -0.15) is 9.97 Å². The van der Waals surface area contributed by atoms with Gasteiger partial charge in [-0.05, 0) is 49.2 Å². The number of hydrogen-bond acceptors (Lipinski definition) is 18. The van der Waals surface area contributed by atoms with Crippen molar-refractivity contribution in [1.82, 2.24) is 39.7 Å². The summed E-state index contributed by atoms with van der Waals surface area (Å²) in [6.07, 6.45) is 6.22. The van der Waals surface area contributed by atoms with Crippen molar-refractivity contribution in [2.24, 2.45) is 0 Å². The van der Waals surface area contributed by atoms with Crippen LogP contribution in [0.4, 0.5) is 34.9 Å². The molecule has 332 valence electrons. The van der Waals surface area contributed by atoms with Crippen molar-refractivity contribution in [1.29, 1.82) is 0 Å². The highest BCUT2D eigenvalue weighted by Gasteiger charge is 2.24. The minimum absolute atomic E-state index is 0.127. The van der Waals surface area contributed by atoms with E-state index in [0.29, 0.717) is 58.1 Å². The molecule has 0 unspecified atom stereocenters. The van der Waals surface area contributed by atoms with Crippen LogP contribution in [0.25, 0.3) is 0 Å². The third-order valence-corrected chi connectivity index (χ3v) is 12.4. The molecule has 2 aliphatic rings. The summed E-state index contributed by atoms with van der Waals surface area (Å²) in [5, 5.41) is 33.3. The maximum Gasteiger partial charge on any atom is 0.222 e. The van der Waals surface area contributed by atoms with Gasteiger partial charge >= 0.3 is 0 Å². The van der Waals surface area contributed by atoms with Crippen molar-refractivity contribution in [2.45, 2.75) is 38.1 Å². The second-order valence-corrected chi connectivity index (χ2v) is 17.5. The van der Waals surface area contributed by atoms with Crippen molar-refractivity contribution in [3.8, 4) is 23.7 Å². The van der Waals surface area contributed by atoms with Gasteiger partial charge in [0, 0.05) is 84.9 Å². The lowest BCUT2D eigenvalue weighted by atomic mass is 10.1. The smallest absolute Gasteiger partial charge is 0.222 e. The molecule has 0 amide bonds. The molecule has 8 rings (SSSR count). The molecule has 2 aromatic carbocycles. The number of thiazole rings is 2. The molecule has 20 heteroatoms. The van der Waals surface area contributed by atoms with E-state index in [9.17, 15) is 10.2 Å². The maximum absolute atomic E-state index is 10.7. The normalized spacial score (nSPS) is 16.1. The molecule has 0 bridgehead atoms. The fourth-order valence-corrected chi connectivity index (χ4v) is 8.01. The second-order valence-electron chi connectivity index (χ2n) is 14.9. The number of nitrogens with two attached hydrogens (primary N) is 2. The molecule has 2 aliphatic heterocycles. The van der Waals surface area contributed by atoms with Crippen LogP contribution in [-0.2, 0) is 33.8 Å². The van der Waals surface area contributed by atoms with Crippen LogP contribution in [-0.4, -0.2) is 103 Å². The molecular weight excluding hydrogens is 896 g/mol. The van der Waals surface area contributed by atoms with Crippen molar-refractivity contribution in [3.63, 3.8) is 0 Å². The number of nitrogens with one attached hydrogen (secondary N) is 2. The predicted octanol–water partition coefficient (Wildman–Crippen LogP) is 6.01. The summed E-state index contributed by atoms with van der Waals surface area (Å²) in [6.45, 7) is 11.0. The van der Waals surface area contributed by atoms with Gasteiger partial charge in [-0.1, -0.05) is 59.0 Å². The molecule has 2 fully saturated rings. The van der Waals surface area contributed by atoms with Crippen LogP contribution >= 0.6 is 45.9 Å². The third kappa shape index (κ3) is 12.8. The van der Waals surface area contributed by atoms with E-state index in [4.69, 9.17) is 44.1 Å². The van der Waals surface area contributed by atoms with Crippen LogP contribution in [0.2, 0.25) is 10.0 Å². The summed E-state index contributed by atoms with van der Waals surface area (Å²) in [5.74, 6) is 13.0. The Labute approximate surface area is 389 Å². The van der Waals surface area contributed by atoms with E-state index in [1.165, 1.54) is 35.1 Å². The summed E-state index contributed by atoms with van der Waals surface area (Å²) in [4.78, 5) is 29.2. The van der Waals surface area contributed by atoms with Gasteiger partial charge in [0.2, 0.25) is 11.9 Å². The highest BCUT2D eigenvalue weighted by molar-refractivity contribution is 7.10. The highest BCUT2D eigenvalue weighted by atomic mass is 35.5. The van der Waals surface area contributed by atoms with Crippen LogP contribution in [0, 0.1) is 23.7 Å². The molecular formula is C44H46Cl2N12O4S2. The highest BCUT2D eigenvalue weighted by Crippen LogP contribution is 2.30. The number of ether oxygens (including phenoxy) is 2.